The molecule has 10 heteroatoms. The van der Waals surface area contributed by atoms with Gasteiger partial charge in [0.15, 0.2) is 5.82 Å². The Hall–Kier alpha value is -3.01. The molecule has 2 aliphatic heterocycles. The van der Waals surface area contributed by atoms with Crippen LogP contribution in [0.2, 0.25) is 0 Å². The average molecular weight is 472 g/mol. The maximum Gasteiger partial charge on any atom is 0.282 e. The van der Waals surface area contributed by atoms with E-state index in [1.165, 1.54) is 4.90 Å². The maximum atomic E-state index is 14.6. The van der Waals surface area contributed by atoms with E-state index in [4.69, 9.17) is 5.73 Å². The first-order valence-electron chi connectivity index (χ1n) is 11.9. The molecule has 0 bridgehead atoms. The molecule has 5 rings (SSSR count). The SMILES string of the molecule is CN1CC(F)(F)CN(C2CCC2)c2nc(Nc3ccc(C(=O)N4CCC(N)CC4)cc3)ncc21. The van der Waals surface area contributed by atoms with Crippen LogP contribution in [0.4, 0.5) is 31.9 Å². The number of carbonyl (C=O) groups excluding carboxylic acids is 1. The van der Waals surface area contributed by atoms with Crippen molar-refractivity contribution in [3.8, 4) is 0 Å². The third-order valence-electron chi connectivity index (χ3n) is 7.03. The van der Waals surface area contributed by atoms with Crippen LogP contribution in [-0.2, 0) is 0 Å². The molecule has 182 valence electrons. The zero-order valence-electron chi connectivity index (χ0n) is 19.4. The Kier molecular flexibility index (Phi) is 6.01. The van der Waals surface area contributed by atoms with Crippen LogP contribution < -0.4 is 20.9 Å². The minimum absolute atomic E-state index is 0.000151. The normalized spacial score (nSPS) is 21.0. The first kappa shape index (κ1) is 22.8. The number of aromatic nitrogens is 2. The summed E-state index contributed by atoms with van der Waals surface area (Å²) in [6.07, 6.45) is 6.08. The minimum Gasteiger partial charge on any atom is -0.364 e. The van der Waals surface area contributed by atoms with Gasteiger partial charge < -0.3 is 25.8 Å². The molecule has 8 nitrogen and oxygen atoms in total. The highest BCUT2D eigenvalue weighted by Gasteiger charge is 2.42. The van der Waals surface area contributed by atoms with Crippen molar-refractivity contribution in [1.82, 2.24) is 14.9 Å². The van der Waals surface area contributed by atoms with E-state index in [9.17, 15) is 13.6 Å². The maximum absolute atomic E-state index is 14.6. The fourth-order valence-corrected chi connectivity index (χ4v) is 4.82. The summed E-state index contributed by atoms with van der Waals surface area (Å²) in [4.78, 5) is 26.9. The average Bonchev–Trinajstić information content (AvgIpc) is 2.86. The van der Waals surface area contributed by atoms with Gasteiger partial charge in [-0.15, -0.1) is 0 Å². The topological polar surface area (TPSA) is 90.6 Å². The number of benzene rings is 1. The number of anilines is 4. The van der Waals surface area contributed by atoms with Gasteiger partial charge in [-0.1, -0.05) is 0 Å². The van der Waals surface area contributed by atoms with Gasteiger partial charge in [-0.05, 0) is 56.4 Å². The largest absolute Gasteiger partial charge is 0.364 e. The van der Waals surface area contributed by atoms with Crippen LogP contribution in [-0.4, -0.2) is 72.0 Å². The molecular weight excluding hydrogens is 440 g/mol. The van der Waals surface area contributed by atoms with Crippen molar-refractivity contribution in [1.29, 1.82) is 0 Å². The minimum atomic E-state index is -2.83. The molecule has 1 aromatic carbocycles. The number of hydrogen-bond donors (Lipinski definition) is 2. The van der Waals surface area contributed by atoms with Crippen molar-refractivity contribution < 1.29 is 13.6 Å². The third-order valence-corrected chi connectivity index (χ3v) is 7.03. The summed E-state index contributed by atoms with van der Waals surface area (Å²) in [5, 5.41) is 3.16. The smallest absolute Gasteiger partial charge is 0.282 e. The molecule has 1 saturated carbocycles. The zero-order valence-corrected chi connectivity index (χ0v) is 19.4. The number of likely N-dealkylation sites (tertiary alicyclic amines) is 1. The second-order valence-electron chi connectivity index (χ2n) is 9.66. The number of carbonyl (C=O) groups is 1. The fourth-order valence-electron chi connectivity index (χ4n) is 4.82. The summed E-state index contributed by atoms with van der Waals surface area (Å²) in [5.41, 5.74) is 7.88. The molecule has 0 unspecified atom stereocenters. The first-order valence-corrected chi connectivity index (χ1v) is 11.9. The second kappa shape index (κ2) is 8.98. The number of fused-ring (bicyclic) bond motifs is 1. The van der Waals surface area contributed by atoms with E-state index in [-0.39, 0.29) is 31.1 Å². The monoisotopic (exact) mass is 471 g/mol. The second-order valence-corrected chi connectivity index (χ2v) is 9.66. The third kappa shape index (κ3) is 4.64. The molecule has 0 radical (unpaired) electrons. The van der Waals surface area contributed by atoms with Gasteiger partial charge in [0, 0.05) is 43.5 Å². The van der Waals surface area contributed by atoms with Crippen LogP contribution >= 0.6 is 0 Å². The van der Waals surface area contributed by atoms with E-state index in [1.807, 2.05) is 17.0 Å². The van der Waals surface area contributed by atoms with E-state index in [0.717, 1.165) is 37.8 Å². The van der Waals surface area contributed by atoms with Gasteiger partial charge in [-0.2, -0.15) is 4.98 Å². The van der Waals surface area contributed by atoms with Crippen LogP contribution in [0.25, 0.3) is 0 Å². The lowest BCUT2D eigenvalue weighted by atomic mass is 9.91. The Morgan fingerprint density at radius 3 is 2.47 bits per heavy atom. The van der Waals surface area contributed by atoms with Gasteiger partial charge in [0.05, 0.1) is 25.0 Å². The molecule has 1 amide bonds. The number of alkyl halides is 2. The number of amides is 1. The van der Waals surface area contributed by atoms with Gasteiger partial charge in [0.2, 0.25) is 5.95 Å². The van der Waals surface area contributed by atoms with Crippen molar-refractivity contribution in [3.05, 3.63) is 36.0 Å². The van der Waals surface area contributed by atoms with Crippen molar-refractivity contribution >= 4 is 29.0 Å². The number of halogens is 2. The molecular formula is C24H31F2N7O. The first-order chi connectivity index (χ1) is 16.3. The van der Waals surface area contributed by atoms with E-state index < -0.39 is 5.92 Å². The highest BCUT2D eigenvalue weighted by atomic mass is 19.3. The van der Waals surface area contributed by atoms with Crippen LogP contribution in [0.1, 0.15) is 42.5 Å². The predicted molar refractivity (Wildman–Crippen MR) is 128 cm³/mol. The Morgan fingerprint density at radius 2 is 1.82 bits per heavy atom. The molecule has 0 atom stereocenters. The van der Waals surface area contributed by atoms with E-state index in [0.29, 0.717) is 36.1 Å². The fraction of sp³-hybridized carbons (Fsp3) is 0.542. The number of rotatable bonds is 4. The molecule has 34 heavy (non-hydrogen) atoms. The van der Waals surface area contributed by atoms with Gasteiger partial charge in [-0.3, -0.25) is 4.79 Å². The molecule has 1 aliphatic carbocycles. The molecule has 3 aliphatic rings. The van der Waals surface area contributed by atoms with Crippen molar-refractivity contribution in [2.45, 2.75) is 50.1 Å². The number of nitrogens with zero attached hydrogens (tertiary/aromatic N) is 5. The Bertz CT molecular complexity index is 1040. The highest BCUT2D eigenvalue weighted by Crippen LogP contribution is 2.39. The summed E-state index contributed by atoms with van der Waals surface area (Å²) >= 11 is 0. The summed E-state index contributed by atoms with van der Waals surface area (Å²) in [5.74, 6) is -1.96. The van der Waals surface area contributed by atoms with Crippen LogP contribution in [0.3, 0.4) is 0 Å². The lowest BCUT2D eigenvalue weighted by Crippen LogP contribution is -2.47. The van der Waals surface area contributed by atoms with Crippen molar-refractivity contribution in [3.63, 3.8) is 0 Å². The number of piperidine rings is 1. The number of nitrogens with one attached hydrogen (secondary N) is 1. The van der Waals surface area contributed by atoms with Crippen LogP contribution in [0.15, 0.2) is 30.5 Å². The molecule has 2 fully saturated rings. The van der Waals surface area contributed by atoms with Gasteiger partial charge in [0.25, 0.3) is 11.8 Å². The Morgan fingerprint density at radius 1 is 1.12 bits per heavy atom. The highest BCUT2D eigenvalue weighted by molar-refractivity contribution is 5.94. The van der Waals surface area contributed by atoms with Gasteiger partial charge in [0.1, 0.15) is 0 Å². The zero-order chi connectivity index (χ0) is 23.9. The standard InChI is InChI=1S/C24H31F2N7O/c1-31-14-24(25,26)15-33(19-3-2-4-19)21-20(31)13-28-23(30-21)29-18-7-5-16(6-8-18)22(34)32-11-9-17(27)10-12-32/h5-8,13,17,19H,2-4,9-12,14-15,27H2,1H3,(H,28,29,30). The van der Waals surface area contributed by atoms with Gasteiger partial charge >= 0.3 is 0 Å². The van der Waals surface area contributed by atoms with E-state index in [1.54, 1.807) is 30.3 Å². The van der Waals surface area contributed by atoms with E-state index in [2.05, 4.69) is 15.3 Å². The molecule has 2 aromatic rings. The van der Waals surface area contributed by atoms with Crippen LogP contribution in [0, 0.1) is 0 Å². The Labute approximate surface area is 198 Å². The van der Waals surface area contributed by atoms with Crippen LogP contribution in [0.5, 0.6) is 0 Å². The summed E-state index contributed by atoms with van der Waals surface area (Å²) in [7, 11) is 1.65. The molecule has 1 saturated heterocycles. The summed E-state index contributed by atoms with van der Waals surface area (Å²) in [6.45, 7) is 0.642. The molecule has 3 N–H and O–H groups in total. The van der Waals surface area contributed by atoms with Crippen molar-refractivity contribution in [2.24, 2.45) is 5.73 Å². The Balaban J connectivity index is 1.33. The lowest BCUT2D eigenvalue weighted by molar-refractivity contribution is 0.0161. The van der Waals surface area contributed by atoms with Crippen molar-refractivity contribution in [2.75, 3.05) is 48.3 Å². The number of hydrogen-bond acceptors (Lipinski definition) is 7. The van der Waals surface area contributed by atoms with E-state index >= 15 is 0 Å². The lowest BCUT2D eigenvalue weighted by Gasteiger charge is -2.39. The summed E-state index contributed by atoms with van der Waals surface area (Å²) < 4.78 is 29.1. The number of nitrogens with two attached hydrogens (primary N) is 1. The quantitative estimate of drug-likeness (QED) is 0.708. The predicted octanol–water partition coefficient (Wildman–Crippen LogP) is 3.23. The molecule has 1 aromatic heterocycles. The molecule has 3 heterocycles. The van der Waals surface area contributed by atoms with Gasteiger partial charge in [-0.25, -0.2) is 13.8 Å². The molecule has 0 spiro atoms. The summed E-state index contributed by atoms with van der Waals surface area (Å²) in [6, 6.07) is 7.41.